The number of carboxylic acid groups (broad SMARTS) is 1. The third kappa shape index (κ3) is 2.19. The predicted molar refractivity (Wildman–Crippen MR) is 59.2 cm³/mol. The second-order valence-corrected chi connectivity index (χ2v) is 4.37. The fourth-order valence-corrected chi connectivity index (χ4v) is 2.07. The lowest BCUT2D eigenvalue weighted by Gasteiger charge is -2.20. The average Bonchev–Trinajstić information content (AvgIpc) is 2.65. The van der Waals surface area contributed by atoms with Crippen molar-refractivity contribution in [2.24, 2.45) is 0 Å². The van der Waals surface area contributed by atoms with Gasteiger partial charge in [0.1, 0.15) is 11.3 Å². The van der Waals surface area contributed by atoms with Crippen molar-refractivity contribution >= 4 is 17.7 Å². The van der Waals surface area contributed by atoms with Gasteiger partial charge >= 0.3 is 11.2 Å². The summed E-state index contributed by atoms with van der Waals surface area (Å²) in [7, 11) is 0. The minimum atomic E-state index is -1.88. The number of para-hydroxylation sites is 1. The molecule has 0 radical (unpaired) electrons. The van der Waals surface area contributed by atoms with Gasteiger partial charge in [0.2, 0.25) is 0 Å². The zero-order valence-corrected chi connectivity index (χ0v) is 9.04. The van der Waals surface area contributed by atoms with Gasteiger partial charge < -0.3 is 9.84 Å². The average molecular weight is 240 g/mol. The maximum absolute atomic E-state index is 13.9. The Hall–Kier alpha value is -1.49. The molecule has 3 nitrogen and oxygen atoms in total. The molecular formula is C11H9FO3S. The lowest BCUT2D eigenvalue weighted by atomic mass is 10.2. The first kappa shape index (κ1) is 11.0. The molecule has 16 heavy (non-hydrogen) atoms. The van der Waals surface area contributed by atoms with Crippen LogP contribution in [0.3, 0.4) is 0 Å². The summed E-state index contributed by atoms with van der Waals surface area (Å²) in [5, 5.41) is 8.62. The van der Waals surface area contributed by atoms with E-state index in [1.54, 1.807) is 23.6 Å². The molecular weight excluding hydrogens is 231 g/mol. The molecule has 2 rings (SSSR count). The molecule has 0 aliphatic carbocycles. The molecule has 1 unspecified atom stereocenters. The first-order chi connectivity index (χ1) is 7.61. The number of ether oxygens (including phenoxy) is 1. The minimum Gasteiger partial charge on any atom is -0.478 e. The Morgan fingerprint density at radius 1 is 1.50 bits per heavy atom. The second-order valence-electron chi connectivity index (χ2n) is 3.26. The van der Waals surface area contributed by atoms with Crippen molar-refractivity contribution < 1.29 is 19.0 Å². The fourth-order valence-electron chi connectivity index (χ4n) is 1.35. The molecule has 0 amide bonds. The molecule has 1 aromatic rings. The van der Waals surface area contributed by atoms with Crippen LogP contribution in [0.4, 0.5) is 4.39 Å². The number of alkyl halides is 1. The molecule has 0 bridgehead atoms. The van der Waals surface area contributed by atoms with Gasteiger partial charge in [-0.2, -0.15) is 4.39 Å². The van der Waals surface area contributed by atoms with Gasteiger partial charge in [0, 0.05) is 6.42 Å². The standard InChI is InChI=1S/C11H9FO3S/c12-11(6-3-7-16-11)15-9-5-2-1-4-8(9)10(13)14/h1-5,7H,6H2,(H,13,14). The van der Waals surface area contributed by atoms with Crippen molar-refractivity contribution in [3.05, 3.63) is 41.3 Å². The molecule has 1 aliphatic rings. The highest BCUT2D eigenvalue weighted by molar-refractivity contribution is 8.03. The number of rotatable bonds is 3. The summed E-state index contributed by atoms with van der Waals surface area (Å²) < 4.78 is 19.0. The lowest BCUT2D eigenvalue weighted by Crippen LogP contribution is -2.23. The number of carbonyl (C=O) groups is 1. The third-order valence-corrected chi connectivity index (χ3v) is 3.01. The second kappa shape index (κ2) is 4.17. The third-order valence-electron chi connectivity index (χ3n) is 2.08. The normalized spacial score (nSPS) is 23.3. The van der Waals surface area contributed by atoms with E-state index in [9.17, 15) is 9.18 Å². The number of thioether (sulfide) groups is 1. The summed E-state index contributed by atoms with van der Waals surface area (Å²) in [4.78, 5) is 10.9. The Balaban J connectivity index is 2.24. The SMILES string of the molecule is O=C(O)c1ccccc1OC1(F)CC=CS1. The molecule has 0 saturated carbocycles. The van der Waals surface area contributed by atoms with Crippen LogP contribution in [0.2, 0.25) is 0 Å². The van der Waals surface area contributed by atoms with Gasteiger partial charge in [-0.25, -0.2) is 4.79 Å². The molecule has 0 spiro atoms. The van der Waals surface area contributed by atoms with Gasteiger partial charge in [-0.15, -0.1) is 0 Å². The van der Waals surface area contributed by atoms with E-state index in [4.69, 9.17) is 9.84 Å². The van der Waals surface area contributed by atoms with Gasteiger partial charge in [-0.05, 0) is 17.5 Å². The number of hydrogen-bond acceptors (Lipinski definition) is 3. The largest absolute Gasteiger partial charge is 0.478 e. The molecule has 0 saturated heterocycles. The Bertz CT molecular complexity index is 437. The first-order valence-electron chi connectivity index (χ1n) is 4.64. The van der Waals surface area contributed by atoms with Gasteiger partial charge in [-0.1, -0.05) is 30.0 Å². The van der Waals surface area contributed by atoms with Crippen LogP contribution in [0.5, 0.6) is 5.75 Å². The highest BCUT2D eigenvalue weighted by Gasteiger charge is 2.35. The summed E-state index contributed by atoms with van der Waals surface area (Å²) in [6.45, 7) is 0. The number of halogens is 1. The molecule has 5 heteroatoms. The van der Waals surface area contributed by atoms with Gasteiger partial charge in [-0.3, -0.25) is 0 Å². The minimum absolute atomic E-state index is 0.0352. The number of benzene rings is 1. The summed E-state index contributed by atoms with van der Waals surface area (Å²) in [5.41, 5.74) is -0.0352. The van der Waals surface area contributed by atoms with E-state index >= 15 is 0 Å². The number of carboxylic acids is 1. The van der Waals surface area contributed by atoms with Crippen molar-refractivity contribution in [1.82, 2.24) is 0 Å². The van der Waals surface area contributed by atoms with E-state index in [1.807, 2.05) is 0 Å². The van der Waals surface area contributed by atoms with E-state index in [0.717, 1.165) is 11.8 Å². The lowest BCUT2D eigenvalue weighted by molar-refractivity contribution is 0.0337. The maximum atomic E-state index is 13.9. The van der Waals surface area contributed by atoms with Crippen molar-refractivity contribution in [3.63, 3.8) is 0 Å². The smallest absolute Gasteiger partial charge is 0.339 e. The number of hydrogen-bond donors (Lipinski definition) is 1. The first-order valence-corrected chi connectivity index (χ1v) is 5.52. The molecule has 1 aromatic carbocycles. The van der Waals surface area contributed by atoms with Crippen molar-refractivity contribution in [3.8, 4) is 5.75 Å². The van der Waals surface area contributed by atoms with E-state index in [1.165, 1.54) is 12.1 Å². The highest BCUT2D eigenvalue weighted by atomic mass is 32.2. The van der Waals surface area contributed by atoms with E-state index in [0.29, 0.717) is 0 Å². The van der Waals surface area contributed by atoms with Crippen LogP contribution in [0.1, 0.15) is 16.8 Å². The van der Waals surface area contributed by atoms with Crippen LogP contribution in [0.15, 0.2) is 35.7 Å². The quantitative estimate of drug-likeness (QED) is 0.882. The van der Waals surface area contributed by atoms with Crippen molar-refractivity contribution in [2.45, 2.75) is 11.6 Å². The molecule has 1 N–H and O–H groups in total. The van der Waals surface area contributed by atoms with Crippen LogP contribution in [0, 0.1) is 0 Å². The Morgan fingerprint density at radius 2 is 2.25 bits per heavy atom. The molecule has 1 heterocycles. The summed E-state index contributed by atoms with van der Waals surface area (Å²) in [5.74, 6) is -1.08. The van der Waals surface area contributed by atoms with E-state index in [2.05, 4.69) is 0 Å². The zero-order chi connectivity index (χ0) is 11.6. The van der Waals surface area contributed by atoms with Gasteiger partial charge in [0.25, 0.3) is 0 Å². The predicted octanol–water partition coefficient (Wildman–Crippen LogP) is 3.04. The van der Waals surface area contributed by atoms with Gasteiger partial charge in [0.05, 0.1) is 0 Å². The topological polar surface area (TPSA) is 46.5 Å². The van der Waals surface area contributed by atoms with Crippen LogP contribution >= 0.6 is 11.8 Å². The van der Waals surface area contributed by atoms with E-state index < -0.39 is 11.2 Å². The molecule has 0 aromatic heterocycles. The number of aromatic carboxylic acids is 1. The van der Waals surface area contributed by atoms with Crippen LogP contribution in [-0.2, 0) is 0 Å². The highest BCUT2D eigenvalue weighted by Crippen LogP contribution is 2.40. The monoisotopic (exact) mass is 240 g/mol. The van der Waals surface area contributed by atoms with Crippen molar-refractivity contribution in [2.75, 3.05) is 0 Å². The Kier molecular flexibility index (Phi) is 2.87. The van der Waals surface area contributed by atoms with E-state index in [-0.39, 0.29) is 17.7 Å². The van der Waals surface area contributed by atoms with Crippen LogP contribution < -0.4 is 4.74 Å². The summed E-state index contributed by atoms with van der Waals surface area (Å²) >= 11 is 0.898. The Labute approximate surface area is 95.9 Å². The van der Waals surface area contributed by atoms with Crippen molar-refractivity contribution in [1.29, 1.82) is 0 Å². The molecule has 1 atom stereocenters. The van der Waals surface area contributed by atoms with Gasteiger partial charge in [0.15, 0.2) is 0 Å². The summed E-state index contributed by atoms with van der Waals surface area (Å²) in [6, 6.07) is 6.01. The molecule has 84 valence electrons. The Morgan fingerprint density at radius 3 is 2.88 bits per heavy atom. The van der Waals surface area contributed by atoms with Crippen LogP contribution in [-0.4, -0.2) is 16.3 Å². The fraction of sp³-hybridized carbons (Fsp3) is 0.182. The maximum Gasteiger partial charge on any atom is 0.339 e. The zero-order valence-electron chi connectivity index (χ0n) is 8.22. The summed E-state index contributed by atoms with van der Waals surface area (Å²) in [6.07, 6.45) is 1.76. The molecule has 0 fully saturated rings. The molecule has 1 aliphatic heterocycles. The van der Waals surface area contributed by atoms with Crippen LogP contribution in [0.25, 0.3) is 0 Å².